The minimum atomic E-state index is -0.577. The number of nitrogens with zero attached hydrogens (tertiary/aromatic N) is 4. The Kier molecular flexibility index (Phi) is 86.7. The summed E-state index contributed by atoms with van der Waals surface area (Å²) < 4.78 is 66.7. The fourth-order valence-electron chi connectivity index (χ4n) is 12.5. The van der Waals surface area contributed by atoms with Gasteiger partial charge in [0.2, 0.25) is 0 Å². The molecule has 0 aliphatic carbocycles. The molecule has 6 unspecified atom stereocenters. The first-order chi connectivity index (χ1) is 62.8. The summed E-state index contributed by atoms with van der Waals surface area (Å²) in [6.07, 6.45) is 26.4. The molecular weight excluding hydrogens is 1790 g/mol. The number of hydrogen-bond donors (Lipinski definition) is 0. The lowest BCUT2D eigenvalue weighted by molar-refractivity contribution is -0.154. The largest absolute Gasteiger partial charge is 0.462 e. The van der Waals surface area contributed by atoms with E-state index in [-0.39, 0.29) is 268 Å². The third-order valence-electron chi connectivity index (χ3n) is 21.0. The van der Waals surface area contributed by atoms with Crippen molar-refractivity contribution in [3.63, 3.8) is 0 Å². The molecule has 0 amide bonds. The normalized spacial score (nSPS) is 12.8. The van der Waals surface area contributed by atoms with Gasteiger partial charge in [-0.25, -0.2) is 0 Å². The zero-order valence-electron chi connectivity index (χ0n) is 82.2. The second-order valence-corrected chi connectivity index (χ2v) is 40.3. The summed E-state index contributed by atoms with van der Waals surface area (Å²) in [5.41, 5.74) is 0. The van der Waals surface area contributed by atoms with Crippen molar-refractivity contribution < 1.29 is 114 Å². The van der Waals surface area contributed by atoms with Gasteiger partial charge >= 0.3 is 71.6 Å². The number of unbranched alkanes of at least 4 members (excludes halogenated alkanes) is 18. The van der Waals surface area contributed by atoms with Gasteiger partial charge in [0.25, 0.3) is 0 Å². The van der Waals surface area contributed by atoms with Crippen LogP contribution in [0.5, 0.6) is 0 Å². The van der Waals surface area contributed by atoms with Crippen LogP contribution in [0.25, 0.3) is 0 Å². The van der Waals surface area contributed by atoms with Crippen LogP contribution in [0, 0.1) is 35.5 Å². The second-order valence-electron chi connectivity index (χ2n) is 33.4. The number of thioether (sulfide) groups is 6. The fraction of sp³-hybridized carbons (Fsp3) is 0.875. The molecule has 0 N–H and O–H groups in total. The molecule has 758 valence electrons. The summed E-state index contributed by atoms with van der Waals surface area (Å²) in [5, 5.41) is 0. The molecule has 0 saturated heterocycles. The van der Waals surface area contributed by atoms with Gasteiger partial charge in [0.1, 0.15) is 79.3 Å². The number of carbonyl (C=O) groups is 12. The lowest BCUT2D eigenvalue weighted by atomic mass is 10.2. The van der Waals surface area contributed by atoms with Crippen molar-refractivity contribution in [1.82, 2.24) is 19.6 Å². The van der Waals surface area contributed by atoms with E-state index in [1.165, 1.54) is 38.5 Å². The predicted molar refractivity (Wildman–Crippen MR) is 529 cm³/mol. The average Bonchev–Trinajstić information content (AvgIpc) is 0.914. The number of esters is 12. The van der Waals surface area contributed by atoms with E-state index in [9.17, 15) is 57.5 Å². The number of hydrogen-bond acceptors (Lipinski definition) is 34. The molecule has 0 aliphatic rings. The molecule has 130 heavy (non-hydrogen) atoms. The lowest BCUT2D eigenvalue weighted by Gasteiger charge is -2.32. The molecule has 0 aromatic carbocycles. The molecule has 0 radical (unpaired) electrons. The van der Waals surface area contributed by atoms with Crippen LogP contribution in [0.3, 0.4) is 0 Å². The fourth-order valence-corrected chi connectivity index (χ4v) is 18.9. The zero-order chi connectivity index (χ0) is 96.1. The minimum Gasteiger partial charge on any atom is -0.462 e. The highest BCUT2D eigenvalue weighted by Gasteiger charge is 2.25. The molecule has 0 aromatic heterocycles. The molecule has 0 heterocycles. The van der Waals surface area contributed by atoms with Gasteiger partial charge in [0.05, 0.1) is 74.0 Å². The lowest BCUT2D eigenvalue weighted by Crippen LogP contribution is -2.45. The van der Waals surface area contributed by atoms with Gasteiger partial charge in [0, 0.05) is 113 Å². The van der Waals surface area contributed by atoms with Gasteiger partial charge in [0.15, 0.2) is 0 Å². The Balaban J connectivity index is 7.50. The summed E-state index contributed by atoms with van der Waals surface area (Å²) >= 11 is 10.2. The smallest absolute Gasteiger partial charge is 0.309 e. The van der Waals surface area contributed by atoms with Crippen LogP contribution in [0.1, 0.15) is 276 Å². The highest BCUT2D eigenvalue weighted by Crippen LogP contribution is 2.21. The molecule has 6 atom stereocenters. The molecule has 0 aromatic rings. The van der Waals surface area contributed by atoms with Crippen molar-refractivity contribution in [2.75, 3.05) is 227 Å². The van der Waals surface area contributed by atoms with Crippen LogP contribution in [0.4, 0.5) is 0 Å². The van der Waals surface area contributed by atoms with Crippen LogP contribution in [-0.2, 0) is 114 Å². The van der Waals surface area contributed by atoms with Crippen LogP contribution in [0.2, 0.25) is 0 Å². The van der Waals surface area contributed by atoms with Gasteiger partial charge in [-0.3, -0.25) is 62.4 Å². The number of rotatable bonds is 93. The summed E-state index contributed by atoms with van der Waals surface area (Å²) in [6.45, 7) is 24.1. The van der Waals surface area contributed by atoms with E-state index < -0.39 is 35.8 Å². The Hall–Kier alpha value is -4.42. The van der Waals surface area contributed by atoms with Gasteiger partial charge < -0.3 is 71.5 Å². The average molecular weight is 1960 g/mol. The van der Waals surface area contributed by atoms with E-state index >= 15 is 0 Å². The Morgan fingerprint density at radius 2 is 0.315 bits per heavy atom. The van der Waals surface area contributed by atoms with Crippen molar-refractivity contribution in [3.8, 4) is 0 Å². The summed E-state index contributed by atoms with van der Waals surface area (Å²) in [5.74, 6) is 1.45. The first-order valence-corrected chi connectivity index (χ1v) is 56.1. The van der Waals surface area contributed by atoms with E-state index in [1.807, 2.05) is 56.2 Å². The Morgan fingerprint density at radius 3 is 0.454 bits per heavy atom. The molecule has 0 bridgehead atoms. The molecule has 34 heteroatoms. The van der Waals surface area contributed by atoms with Crippen molar-refractivity contribution in [1.29, 1.82) is 0 Å². The van der Waals surface area contributed by atoms with Crippen molar-refractivity contribution >= 4 is 142 Å². The molecular formula is C96H174N4O24S6. The van der Waals surface area contributed by atoms with Crippen molar-refractivity contribution in [2.45, 2.75) is 276 Å². The minimum absolute atomic E-state index is 0.102. The zero-order valence-corrected chi connectivity index (χ0v) is 87.1. The first-order valence-electron chi connectivity index (χ1n) is 49.1. The van der Waals surface area contributed by atoms with Crippen molar-refractivity contribution in [2.24, 2.45) is 35.5 Å². The maximum Gasteiger partial charge on any atom is 0.309 e. The number of ether oxygens (including phenoxy) is 12. The predicted octanol–water partition coefficient (Wildman–Crippen LogP) is 16.8. The Morgan fingerprint density at radius 1 is 0.185 bits per heavy atom. The second kappa shape index (κ2) is 89.8. The third-order valence-corrected chi connectivity index (χ3v) is 28.9. The van der Waals surface area contributed by atoms with Gasteiger partial charge in [-0.05, 0) is 73.0 Å². The highest BCUT2D eigenvalue weighted by atomic mass is 32.2. The quantitative estimate of drug-likeness (QED) is 0.0310. The van der Waals surface area contributed by atoms with E-state index in [0.29, 0.717) is 34.5 Å². The number of carbonyl (C=O) groups excluding carboxylic acids is 12. The topological polar surface area (TPSA) is 329 Å². The van der Waals surface area contributed by atoms with Crippen LogP contribution < -0.4 is 0 Å². The van der Waals surface area contributed by atoms with Crippen molar-refractivity contribution in [3.05, 3.63) is 0 Å². The maximum absolute atomic E-state index is 13.6. The summed E-state index contributed by atoms with van der Waals surface area (Å²) in [6, 6.07) is 0. The molecule has 0 saturated carbocycles. The maximum atomic E-state index is 13.6. The van der Waals surface area contributed by atoms with Gasteiger partial charge in [-0.1, -0.05) is 199 Å². The van der Waals surface area contributed by atoms with E-state index in [4.69, 9.17) is 56.8 Å². The molecule has 0 rings (SSSR count). The molecule has 0 spiro atoms. The van der Waals surface area contributed by atoms with Gasteiger partial charge in [-0.2, -0.15) is 70.6 Å². The molecule has 28 nitrogen and oxygen atoms in total. The summed E-state index contributed by atoms with van der Waals surface area (Å²) in [7, 11) is 0. The van der Waals surface area contributed by atoms with Gasteiger partial charge in [-0.15, -0.1) is 0 Å². The summed E-state index contributed by atoms with van der Waals surface area (Å²) in [4.78, 5) is 167. The van der Waals surface area contributed by atoms with Crippen LogP contribution in [-0.4, -0.2) is 318 Å². The Bertz CT molecular complexity index is 2430. The Labute approximate surface area is 808 Å². The molecule has 0 fully saturated rings. The standard InChI is InChI=1S/C96H174N4O24S6/c1-13-19-25-31-67-125-73-79(7)91(107)119-61-55-113-85(101)37-43-97(44-38-86(102)114-56-62-120-92(108)80(8)74-126-68-32-26-20-14-2)49-52-100(53-50-98(45-39-87(103)115-57-63-121-93(109)81(9)75-127-69-33-27-21-15-3)46-40-88(104)116-58-64-122-94(110)82(10)76-128-70-34-28-22-16-4)54-51-99(47-41-89(105)117-59-65-123-95(111)83(11)77-129-71-35-29-23-17-5)48-42-90(106)118-60-66-124-96(112)84(12)78-130-72-36-30-24-18-6/h79-84H,13-78H2,1-12H3. The highest BCUT2D eigenvalue weighted by molar-refractivity contribution is 8.00. The van der Waals surface area contributed by atoms with Crippen LogP contribution in [0.15, 0.2) is 0 Å². The van der Waals surface area contributed by atoms with E-state index in [2.05, 4.69) is 46.4 Å². The van der Waals surface area contributed by atoms with E-state index in [1.54, 1.807) is 70.6 Å². The third kappa shape index (κ3) is 77.7. The van der Waals surface area contributed by atoms with E-state index in [0.717, 1.165) is 150 Å². The monoisotopic (exact) mass is 1960 g/mol. The SMILES string of the molecule is CCCCCCSCC(C)C(=O)OCCOC(=O)CCN(CCC(=O)OCCOC(=O)C(C)CSCCCCCC)CCN(CCN(CCC(=O)OCCOC(=O)C(C)CSCCCCCC)CCC(=O)OCCOC(=O)C(C)CSCCCCCC)CCN(CCC(=O)OCCOC(=O)C(C)CSCCCCCC)CCC(=O)OCCOC(=O)C(C)CSCCCCCC. The van der Waals surface area contributed by atoms with Crippen LogP contribution >= 0.6 is 70.6 Å². The first kappa shape index (κ1) is 126. The molecule has 0 aliphatic heterocycles.